The molecule has 0 radical (unpaired) electrons. The minimum Gasteiger partial charge on any atom is -0.454 e. The number of hydrogen-bond donors (Lipinski definition) is 0. The predicted molar refractivity (Wildman–Crippen MR) is 296 cm³/mol. The number of rotatable bonds is 14. The van der Waals surface area contributed by atoms with Gasteiger partial charge in [-0.05, 0) is 63.6 Å². The van der Waals surface area contributed by atoms with Crippen LogP contribution in [0.3, 0.4) is 0 Å². The first-order valence-electron chi connectivity index (χ1n) is 29.9. The molecule has 1 unspecified atom stereocenters. The van der Waals surface area contributed by atoms with Gasteiger partial charge in [0.05, 0.1) is 44.7 Å². The highest BCUT2D eigenvalue weighted by Gasteiger charge is 2.60. The van der Waals surface area contributed by atoms with Crippen molar-refractivity contribution in [2.75, 3.05) is 6.61 Å². The molecule has 0 aromatic heterocycles. The molecule has 4 aromatic rings. The summed E-state index contributed by atoms with van der Waals surface area (Å²) in [6, 6.07) is 39.7. The molecule has 436 valence electrons. The second-order valence-electron chi connectivity index (χ2n) is 22.9. The second kappa shape index (κ2) is 28.9. The maximum atomic E-state index is 14.5. The Morgan fingerprint density at radius 1 is 0.500 bits per heavy atom. The average molecular weight is 1110 g/mol. The van der Waals surface area contributed by atoms with Gasteiger partial charge in [0.25, 0.3) is 0 Å². The van der Waals surface area contributed by atoms with Gasteiger partial charge in [-0.15, -0.1) is 0 Å². The molecule has 80 heavy (non-hydrogen) atoms. The first kappa shape index (κ1) is 59.0. The Bertz CT molecular complexity index is 2430. The lowest BCUT2D eigenvalue weighted by Crippen LogP contribution is -2.68. The minimum atomic E-state index is -1.26. The minimum absolute atomic E-state index is 0.0996. The van der Waals surface area contributed by atoms with Gasteiger partial charge in [-0.3, -0.25) is 4.79 Å². The van der Waals surface area contributed by atoms with Crippen molar-refractivity contribution in [3.63, 3.8) is 0 Å². The maximum Gasteiger partial charge on any atom is 0.306 e. The summed E-state index contributed by atoms with van der Waals surface area (Å²) in [4.78, 5) is 14.5. The van der Waals surface area contributed by atoms with Crippen molar-refractivity contribution in [1.82, 2.24) is 0 Å². The van der Waals surface area contributed by atoms with E-state index in [0.29, 0.717) is 6.42 Å². The van der Waals surface area contributed by atoms with Crippen LogP contribution < -0.4 is 0 Å². The summed E-state index contributed by atoms with van der Waals surface area (Å²) < 4.78 is 98.0. The Labute approximate surface area is 473 Å². The Hall–Kier alpha value is -4.17. The first-order valence-corrected chi connectivity index (χ1v) is 29.9. The zero-order valence-corrected chi connectivity index (χ0v) is 47.5. The highest BCUT2D eigenvalue weighted by Crippen LogP contribution is 2.44. The lowest BCUT2D eigenvalue weighted by atomic mass is 9.95. The van der Waals surface area contributed by atoms with E-state index >= 15 is 0 Å². The molecule has 15 nitrogen and oxygen atoms in total. The fourth-order valence-electron chi connectivity index (χ4n) is 12.0. The zero-order chi connectivity index (χ0) is 55.3. The van der Waals surface area contributed by atoms with Crippen LogP contribution in [-0.4, -0.2) is 117 Å². The van der Waals surface area contributed by atoms with Crippen LogP contribution in [0, 0.1) is 0 Å². The number of esters is 1. The molecule has 10 rings (SSSR count). The van der Waals surface area contributed by atoms with Crippen molar-refractivity contribution >= 4 is 5.97 Å². The van der Waals surface area contributed by atoms with E-state index in [0.717, 1.165) is 92.9 Å². The van der Waals surface area contributed by atoms with Gasteiger partial charge in [0, 0.05) is 12.0 Å². The van der Waals surface area contributed by atoms with Crippen molar-refractivity contribution in [1.29, 1.82) is 0 Å². The Balaban J connectivity index is 1.07. The number of hydrogen-bond acceptors (Lipinski definition) is 15. The summed E-state index contributed by atoms with van der Waals surface area (Å²) in [6.45, 7) is 10.8. The maximum absolute atomic E-state index is 14.5. The number of carbonyl (C=O) groups excluding carboxylic acids is 1. The van der Waals surface area contributed by atoms with Gasteiger partial charge in [-0.25, -0.2) is 0 Å². The van der Waals surface area contributed by atoms with E-state index < -0.39 is 104 Å². The summed E-state index contributed by atoms with van der Waals surface area (Å²) in [5, 5.41) is 0. The Kier molecular flexibility index (Phi) is 21.3. The van der Waals surface area contributed by atoms with Crippen LogP contribution in [0.2, 0.25) is 0 Å². The monoisotopic (exact) mass is 1110 g/mol. The van der Waals surface area contributed by atoms with E-state index in [1.165, 1.54) is 0 Å². The van der Waals surface area contributed by atoms with Crippen LogP contribution in [0.4, 0.5) is 0 Å². The summed E-state index contributed by atoms with van der Waals surface area (Å²) >= 11 is 0. The lowest BCUT2D eigenvalue weighted by molar-refractivity contribution is -0.414. The van der Waals surface area contributed by atoms with Gasteiger partial charge in [-0.1, -0.05) is 186 Å². The highest BCUT2D eigenvalue weighted by atomic mass is 16.8. The molecule has 0 spiro atoms. The van der Waals surface area contributed by atoms with Crippen LogP contribution in [0.1, 0.15) is 147 Å². The molecule has 0 N–H and O–H groups in total. The van der Waals surface area contributed by atoms with Crippen LogP contribution in [-0.2, 0) is 90.9 Å². The standard InChI is InChI=1S/C65H86O15/c1-6-7-17-36-49-37-26-11-9-8-10-12-27-38-51(66)75-58-55(68-40-46-30-20-14-21-31-46)52(67-39-45-28-18-13-19-29-45)43(2)71-63(58)77-59-56(69-41-47-32-22-15-23-33-47)54-50(42-70-61(76-54)48-34-24-16-25-35-48)74-64(59)78-60-57-53(79-65(4,5)80-57)44(3)72-62(60)73-49/h13-16,18-25,28-35,43-44,49-50,52-64H,6-12,17,26-27,36-42H2,1-5H3/t43-,44+,49-,50+,52-,53-,54+,55+,56-,57-,58+,59+,60+,61?,62-,63-,64-/m0/s1. The summed E-state index contributed by atoms with van der Waals surface area (Å²) in [6.07, 6.45) is -1.49. The van der Waals surface area contributed by atoms with Crippen LogP contribution in [0.5, 0.6) is 0 Å². The van der Waals surface area contributed by atoms with Crippen molar-refractivity contribution in [2.45, 2.75) is 248 Å². The number of unbranched alkanes of at least 4 members (excludes halogenated alkanes) is 2. The molecule has 6 aliphatic heterocycles. The number of benzene rings is 4. The van der Waals surface area contributed by atoms with Gasteiger partial charge >= 0.3 is 5.97 Å². The third-order valence-electron chi connectivity index (χ3n) is 16.2. The Morgan fingerprint density at radius 3 is 1.69 bits per heavy atom. The van der Waals surface area contributed by atoms with Crippen LogP contribution >= 0.6 is 0 Å². The third-order valence-corrected chi connectivity index (χ3v) is 16.2. The van der Waals surface area contributed by atoms with Crippen molar-refractivity contribution in [3.05, 3.63) is 144 Å². The van der Waals surface area contributed by atoms with E-state index in [4.69, 9.17) is 66.3 Å². The smallest absolute Gasteiger partial charge is 0.306 e. The summed E-state index contributed by atoms with van der Waals surface area (Å²) in [5.41, 5.74) is 3.68. The molecule has 4 aromatic carbocycles. The molecule has 0 aliphatic carbocycles. The van der Waals surface area contributed by atoms with Crippen molar-refractivity contribution in [3.8, 4) is 0 Å². The van der Waals surface area contributed by atoms with Crippen LogP contribution in [0.15, 0.2) is 121 Å². The van der Waals surface area contributed by atoms with E-state index in [1.807, 2.05) is 149 Å². The molecule has 15 heteroatoms. The van der Waals surface area contributed by atoms with Gasteiger partial charge in [0.2, 0.25) is 0 Å². The van der Waals surface area contributed by atoms with E-state index in [2.05, 4.69) is 6.92 Å². The number of fused-ring (bicyclic) bond motifs is 6. The van der Waals surface area contributed by atoms with Gasteiger partial charge < -0.3 is 66.3 Å². The molecule has 6 aliphatic rings. The van der Waals surface area contributed by atoms with Gasteiger partial charge in [0.15, 0.2) is 37.1 Å². The zero-order valence-electron chi connectivity index (χ0n) is 47.5. The van der Waals surface area contributed by atoms with E-state index in [9.17, 15) is 4.79 Å². The molecule has 17 atom stereocenters. The summed E-state index contributed by atoms with van der Waals surface area (Å²) in [5.74, 6) is -1.35. The second-order valence-corrected chi connectivity index (χ2v) is 22.9. The fraction of sp³-hybridized carbons (Fsp3) is 0.615. The molecule has 0 amide bonds. The number of ether oxygens (including phenoxy) is 14. The molecule has 0 saturated carbocycles. The molecule has 6 saturated heterocycles. The lowest BCUT2D eigenvalue weighted by Gasteiger charge is -2.52. The van der Waals surface area contributed by atoms with Crippen LogP contribution in [0.25, 0.3) is 0 Å². The molecule has 0 bridgehead atoms. The van der Waals surface area contributed by atoms with Gasteiger partial charge in [-0.2, -0.15) is 0 Å². The van der Waals surface area contributed by atoms with E-state index in [1.54, 1.807) is 0 Å². The van der Waals surface area contributed by atoms with Crippen molar-refractivity contribution in [2.24, 2.45) is 0 Å². The highest BCUT2D eigenvalue weighted by molar-refractivity contribution is 5.69. The molecular weight excluding hydrogens is 1020 g/mol. The Morgan fingerprint density at radius 2 is 1.04 bits per heavy atom. The normalized spacial score (nSPS) is 35.4. The number of carbonyl (C=O) groups is 1. The largest absolute Gasteiger partial charge is 0.454 e. The van der Waals surface area contributed by atoms with Gasteiger partial charge in [0.1, 0.15) is 54.9 Å². The average Bonchev–Trinajstić information content (AvgIpc) is 3.92. The molecule has 6 fully saturated rings. The quantitative estimate of drug-likeness (QED) is 0.0871. The summed E-state index contributed by atoms with van der Waals surface area (Å²) in [7, 11) is 0. The molecule has 6 heterocycles. The topological polar surface area (TPSA) is 146 Å². The molecular formula is C65H86O15. The predicted octanol–water partition coefficient (Wildman–Crippen LogP) is 11.8. The SMILES string of the molecule is CCCCC[C@H]1CCCCCCCCCC(=O)O[C@H]2[C@H](O[C@H]3[C@H](O[C@H]4[C@H](O1)O[C@H](C)[C@@H]1OC(C)(C)O[C@@H]14)O[C@@H]1COC(c4ccccc4)O[C@H]1[C@@H]3OCc1ccccc1)O[C@@H](C)[C@H](OCc1ccccc1)[C@H]2OCc1ccccc1. The first-order chi connectivity index (χ1) is 39.1. The van der Waals surface area contributed by atoms with Crippen molar-refractivity contribution < 1.29 is 71.1 Å². The third kappa shape index (κ3) is 15.5. The van der Waals surface area contributed by atoms with E-state index in [-0.39, 0.29) is 44.9 Å². The fourth-order valence-corrected chi connectivity index (χ4v) is 12.0.